The van der Waals surface area contributed by atoms with Crippen molar-refractivity contribution in [1.82, 2.24) is 15.0 Å². The predicted octanol–water partition coefficient (Wildman–Crippen LogP) is 13.6. The second kappa shape index (κ2) is 11.4. The number of fused-ring (bicyclic) bond motifs is 9. The molecule has 0 unspecified atom stereocenters. The van der Waals surface area contributed by atoms with Crippen LogP contribution in [-0.4, -0.2) is 15.0 Å². The summed E-state index contributed by atoms with van der Waals surface area (Å²) in [7, 11) is 0. The van der Waals surface area contributed by atoms with Gasteiger partial charge in [0.2, 0.25) is 0 Å². The Bertz CT molecular complexity index is 3500. The van der Waals surface area contributed by atoms with Gasteiger partial charge < -0.3 is 0 Å². The highest BCUT2D eigenvalue weighted by atomic mass is 32.1. The van der Waals surface area contributed by atoms with Gasteiger partial charge in [0.1, 0.15) is 0 Å². The van der Waals surface area contributed by atoms with Crippen molar-refractivity contribution in [2.45, 2.75) is 0 Å². The van der Waals surface area contributed by atoms with Crippen LogP contribution in [0.5, 0.6) is 0 Å². The van der Waals surface area contributed by atoms with Crippen LogP contribution in [0.4, 0.5) is 0 Å². The smallest absolute Gasteiger partial charge is 0.164 e. The van der Waals surface area contributed by atoms with Gasteiger partial charge in [0, 0.05) is 77.2 Å². The van der Waals surface area contributed by atoms with E-state index in [1.165, 1.54) is 21.4 Å². The number of hydrogen-bond acceptors (Lipinski definition) is 6. The maximum absolute atomic E-state index is 9.64. The quantitative estimate of drug-likeness (QED) is 0.183. The van der Waals surface area contributed by atoms with Crippen LogP contribution in [0.2, 0.25) is 0 Å². The second-order valence-corrected chi connectivity index (χ2v) is 15.5. The first-order chi connectivity index (χ1) is 27.7. The Labute approximate surface area is 313 Å². The Morgan fingerprint density at radius 2 is 0.980 bits per heavy atom. The molecule has 0 radical (unpaired) electrons. The third kappa shape index (κ3) is 4.72. The number of rotatable bonds is 4. The van der Waals surface area contributed by atoms with Crippen molar-refractivity contribution in [3.63, 3.8) is 0 Å². The largest absolute Gasteiger partial charge is 0.208 e. The third-order valence-corrected chi connectivity index (χ3v) is 12.6. The van der Waals surface area contributed by atoms with Crippen molar-refractivity contribution in [2.24, 2.45) is 0 Å². The first-order valence-corrected chi connectivity index (χ1v) is 18.8. The molecule has 0 saturated heterocycles. The lowest BCUT2D eigenvalue weighted by atomic mass is 10.0. The summed E-state index contributed by atoms with van der Waals surface area (Å²) in [5, 5.41) is 5.12. The van der Waals surface area contributed by atoms with E-state index in [-0.39, 0.29) is 53.0 Å². The molecular weight excluding hydrogens is 679 g/mol. The van der Waals surface area contributed by atoms with E-state index in [1.807, 2.05) is 78.9 Å². The molecule has 4 heterocycles. The zero-order valence-electron chi connectivity index (χ0n) is 32.5. The number of benzene rings is 7. The lowest BCUT2D eigenvalue weighted by Crippen LogP contribution is -2.00. The van der Waals surface area contributed by atoms with E-state index in [4.69, 9.17) is 19.1 Å². The standard InChI is InChI=1S/C45H25N3S3/c1-2-9-26(10-3-1)43-46-44(28-18-21-34-32-12-5-7-16-38(32)50-40(34)24-28)48-45(47-43)29-19-22-35-36-14-8-13-30(42(36)51-41(35)25-29)27-17-20-33-31-11-4-6-15-37(31)49-39(33)23-27/h1-25H/i8D,13D,14D,19D,22D,25D. The summed E-state index contributed by atoms with van der Waals surface area (Å²) in [6.07, 6.45) is 0. The molecule has 0 bridgehead atoms. The molecule has 0 fully saturated rings. The average Bonchev–Trinajstić information content (AvgIpc) is 3.94. The Hall–Kier alpha value is -5.79. The highest BCUT2D eigenvalue weighted by Gasteiger charge is 2.17. The molecule has 0 aliphatic heterocycles. The highest BCUT2D eigenvalue weighted by molar-refractivity contribution is 7.27. The molecule has 0 spiro atoms. The van der Waals surface area contributed by atoms with Gasteiger partial charge in [0.15, 0.2) is 17.5 Å². The van der Waals surface area contributed by atoms with Crippen molar-refractivity contribution in [1.29, 1.82) is 0 Å². The molecular formula is C45H25N3S3. The van der Waals surface area contributed by atoms with Gasteiger partial charge in [0.05, 0.1) is 8.22 Å². The van der Waals surface area contributed by atoms with E-state index in [1.54, 1.807) is 22.7 Å². The molecule has 0 N–H and O–H groups in total. The fourth-order valence-corrected chi connectivity index (χ4v) is 10.2. The van der Waals surface area contributed by atoms with Crippen molar-refractivity contribution < 1.29 is 8.22 Å². The summed E-state index contributed by atoms with van der Waals surface area (Å²) >= 11 is 4.56. The van der Waals surface area contributed by atoms with Crippen LogP contribution in [0.1, 0.15) is 8.22 Å². The summed E-state index contributed by atoms with van der Waals surface area (Å²) in [4.78, 5) is 14.7. The van der Waals surface area contributed by atoms with Crippen molar-refractivity contribution in [2.75, 3.05) is 0 Å². The van der Waals surface area contributed by atoms with Crippen LogP contribution < -0.4 is 0 Å². The maximum atomic E-state index is 9.64. The molecule has 0 aliphatic carbocycles. The summed E-state index contributed by atoms with van der Waals surface area (Å²) in [5.74, 6) is 0.853. The third-order valence-electron chi connectivity index (χ3n) is 9.26. The van der Waals surface area contributed by atoms with Gasteiger partial charge in [-0.2, -0.15) is 0 Å². The Balaban J connectivity index is 1.15. The fourth-order valence-electron chi connectivity index (χ4n) is 6.81. The first-order valence-electron chi connectivity index (χ1n) is 19.4. The summed E-state index contributed by atoms with van der Waals surface area (Å²) in [5.41, 5.74) is 2.77. The molecule has 4 aromatic heterocycles. The number of aromatic nitrogens is 3. The molecule has 0 atom stereocenters. The van der Waals surface area contributed by atoms with Gasteiger partial charge in [-0.15, -0.1) is 34.0 Å². The number of hydrogen-bond donors (Lipinski definition) is 0. The Morgan fingerprint density at radius 3 is 1.71 bits per heavy atom. The topological polar surface area (TPSA) is 38.7 Å². The van der Waals surface area contributed by atoms with Gasteiger partial charge in [-0.05, 0) is 41.4 Å². The monoisotopic (exact) mass is 709 g/mol. The molecule has 6 heteroatoms. The molecule has 3 nitrogen and oxygen atoms in total. The van der Waals surface area contributed by atoms with Crippen molar-refractivity contribution in [3.05, 3.63) is 152 Å². The van der Waals surface area contributed by atoms with Crippen molar-refractivity contribution >= 4 is 94.5 Å². The molecule has 238 valence electrons. The average molecular weight is 710 g/mol. The minimum absolute atomic E-state index is 0.0494. The summed E-state index contributed by atoms with van der Waals surface area (Å²) in [6.45, 7) is 0. The van der Waals surface area contributed by atoms with Crippen LogP contribution in [0.25, 0.3) is 106 Å². The van der Waals surface area contributed by atoms with E-state index in [0.717, 1.165) is 46.9 Å². The van der Waals surface area contributed by atoms with E-state index in [0.29, 0.717) is 32.0 Å². The number of thiophene rings is 3. The lowest BCUT2D eigenvalue weighted by Gasteiger charge is -2.09. The van der Waals surface area contributed by atoms with Gasteiger partial charge in [-0.3, -0.25) is 0 Å². The lowest BCUT2D eigenvalue weighted by molar-refractivity contribution is 1.08. The maximum Gasteiger partial charge on any atom is 0.164 e. The first kappa shape index (κ1) is 23.6. The highest BCUT2D eigenvalue weighted by Crippen LogP contribution is 2.43. The van der Waals surface area contributed by atoms with Crippen LogP contribution >= 0.6 is 34.0 Å². The molecule has 0 amide bonds. The molecule has 11 aromatic rings. The second-order valence-electron chi connectivity index (χ2n) is 12.3. The predicted molar refractivity (Wildman–Crippen MR) is 220 cm³/mol. The van der Waals surface area contributed by atoms with Gasteiger partial charge in [-0.25, -0.2) is 15.0 Å². The molecule has 51 heavy (non-hydrogen) atoms. The van der Waals surface area contributed by atoms with E-state index < -0.39 is 0 Å². The normalized spacial score (nSPS) is 13.6. The van der Waals surface area contributed by atoms with E-state index in [9.17, 15) is 4.11 Å². The molecule has 0 aliphatic rings. The Kier molecular flexibility index (Phi) is 5.26. The van der Waals surface area contributed by atoms with Crippen LogP contribution in [0, 0.1) is 0 Å². The number of nitrogens with zero attached hydrogens (tertiary/aromatic N) is 3. The van der Waals surface area contributed by atoms with Crippen LogP contribution in [-0.2, 0) is 0 Å². The zero-order chi connectivity index (χ0) is 38.7. The van der Waals surface area contributed by atoms with E-state index >= 15 is 0 Å². The van der Waals surface area contributed by atoms with Crippen LogP contribution in [0.3, 0.4) is 0 Å². The summed E-state index contributed by atoms with van der Waals surface area (Å²) < 4.78 is 60.8. The van der Waals surface area contributed by atoms with Crippen LogP contribution in [0.15, 0.2) is 152 Å². The van der Waals surface area contributed by atoms with Gasteiger partial charge in [0.25, 0.3) is 0 Å². The van der Waals surface area contributed by atoms with Gasteiger partial charge >= 0.3 is 0 Å². The minimum atomic E-state index is -0.264. The molecule has 7 aromatic carbocycles. The zero-order valence-corrected chi connectivity index (χ0v) is 29.0. The fraction of sp³-hybridized carbons (Fsp3) is 0. The minimum Gasteiger partial charge on any atom is -0.208 e. The van der Waals surface area contributed by atoms with E-state index in [2.05, 4.69) is 36.4 Å². The summed E-state index contributed by atoms with van der Waals surface area (Å²) in [6, 6.07) is 37.1. The van der Waals surface area contributed by atoms with Crippen molar-refractivity contribution in [3.8, 4) is 45.3 Å². The Morgan fingerprint density at radius 1 is 0.392 bits per heavy atom. The molecule has 0 saturated carbocycles. The molecule has 11 rings (SSSR count). The SMILES string of the molecule is [2H]c1c([2H])c([2H])c2c(sc3c([2H])c(-c4nc(-c5ccccc5)nc(-c5ccc6c(c5)sc5ccccc56)n4)c([2H])c([2H])c32)c1-c1ccc2c(c1)sc1ccccc12. The van der Waals surface area contributed by atoms with Gasteiger partial charge in [-0.1, -0.05) is 121 Å².